The monoisotopic (exact) mass is 387 g/mol. The van der Waals surface area contributed by atoms with E-state index < -0.39 is 0 Å². The maximum atomic E-state index is 12.9. The molecule has 4 rings (SSSR count). The normalized spacial score (nSPS) is 17.8. The molecule has 3 aromatic rings. The number of nitrogens with zero attached hydrogens (tertiary/aromatic N) is 3. The molecule has 3 heterocycles. The summed E-state index contributed by atoms with van der Waals surface area (Å²) in [5.74, 6) is 0.749. The van der Waals surface area contributed by atoms with Crippen molar-refractivity contribution in [3.63, 3.8) is 0 Å². The number of hydrogen-bond donors (Lipinski definition) is 0. The van der Waals surface area contributed by atoms with Crippen LogP contribution >= 0.6 is 22.9 Å². The number of fused-ring (bicyclic) bond motifs is 1. The van der Waals surface area contributed by atoms with Crippen LogP contribution in [-0.2, 0) is 6.54 Å². The van der Waals surface area contributed by atoms with Gasteiger partial charge >= 0.3 is 0 Å². The van der Waals surface area contributed by atoms with Gasteiger partial charge < -0.3 is 4.90 Å². The molecule has 1 amide bonds. The van der Waals surface area contributed by atoms with Gasteiger partial charge in [0, 0.05) is 23.5 Å². The molecule has 0 saturated carbocycles. The van der Waals surface area contributed by atoms with Crippen LogP contribution in [0.5, 0.6) is 0 Å². The van der Waals surface area contributed by atoms with E-state index in [0.717, 1.165) is 50.9 Å². The molecule has 1 aliphatic heterocycles. The molecule has 4 nitrogen and oxygen atoms in total. The summed E-state index contributed by atoms with van der Waals surface area (Å²) in [5, 5.41) is 6.47. The Morgan fingerprint density at radius 1 is 1.35 bits per heavy atom. The average Bonchev–Trinajstić information content (AvgIpc) is 3.18. The molecule has 0 radical (unpaired) electrons. The van der Waals surface area contributed by atoms with Crippen molar-refractivity contribution in [1.82, 2.24) is 14.7 Å². The SMILES string of the molecule is Cc1nn(Cc2ccc(Cl)cc2)c2sc(C(=O)N3CCCC(C)C3)cc12. The van der Waals surface area contributed by atoms with Gasteiger partial charge in [-0.05, 0) is 49.4 Å². The summed E-state index contributed by atoms with van der Waals surface area (Å²) in [6, 6.07) is 9.83. The summed E-state index contributed by atoms with van der Waals surface area (Å²) in [6.07, 6.45) is 2.31. The summed E-state index contributed by atoms with van der Waals surface area (Å²) in [6.45, 7) is 6.63. The minimum absolute atomic E-state index is 0.162. The van der Waals surface area contributed by atoms with Gasteiger partial charge in [-0.3, -0.25) is 9.48 Å². The highest BCUT2D eigenvalue weighted by Gasteiger charge is 2.24. The number of carbonyl (C=O) groups is 1. The van der Waals surface area contributed by atoms with E-state index in [1.807, 2.05) is 46.8 Å². The van der Waals surface area contributed by atoms with E-state index in [1.165, 1.54) is 6.42 Å². The molecule has 1 unspecified atom stereocenters. The first-order valence-electron chi connectivity index (χ1n) is 9.02. The van der Waals surface area contributed by atoms with Crippen molar-refractivity contribution < 1.29 is 4.79 Å². The fourth-order valence-electron chi connectivity index (χ4n) is 3.62. The smallest absolute Gasteiger partial charge is 0.264 e. The summed E-state index contributed by atoms with van der Waals surface area (Å²) < 4.78 is 1.99. The predicted octanol–water partition coefficient (Wildman–Crippen LogP) is 4.98. The van der Waals surface area contributed by atoms with E-state index in [9.17, 15) is 4.79 Å². The Hall–Kier alpha value is -1.85. The Balaban J connectivity index is 1.62. The zero-order chi connectivity index (χ0) is 18.3. The van der Waals surface area contributed by atoms with Gasteiger partial charge in [-0.2, -0.15) is 5.10 Å². The molecule has 136 valence electrons. The van der Waals surface area contributed by atoms with Gasteiger partial charge in [0.1, 0.15) is 4.83 Å². The Morgan fingerprint density at radius 2 is 2.12 bits per heavy atom. The van der Waals surface area contributed by atoms with Gasteiger partial charge in [-0.25, -0.2) is 0 Å². The molecule has 6 heteroatoms. The predicted molar refractivity (Wildman–Crippen MR) is 107 cm³/mol. The van der Waals surface area contributed by atoms with E-state index >= 15 is 0 Å². The second-order valence-electron chi connectivity index (χ2n) is 7.20. The van der Waals surface area contributed by atoms with Gasteiger partial charge in [-0.15, -0.1) is 11.3 Å². The first kappa shape index (κ1) is 17.6. The van der Waals surface area contributed by atoms with Crippen LogP contribution in [-0.4, -0.2) is 33.7 Å². The lowest BCUT2D eigenvalue weighted by atomic mass is 10.0. The highest BCUT2D eigenvalue weighted by Crippen LogP contribution is 2.30. The van der Waals surface area contributed by atoms with E-state index in [1.54, 1.807) is 11.3 Å². The first-order chi connectivity index (χ1) is 12.5. The van der Waals surface area contributed by atoms with E-state index in [2.05, 4.69) is 12.0 Å². The number of carbonyl (C=O) groups excluding carboxylic acids is 1. The van der Waals surface area contributed by atoms with Crippen molar-refractivity contribution >= 4 is 39.1 Å². The molecule has 1 fully saturated rings. The van der Waals surface area contributed by atoms with Gasteiger partial charge in [0.2, 0.25) is 0 Å². The molecular formula is C20H22ClN3OS. The minimum Gasteiger partial charge on any atom is -0.338 e. The van der Waals surface area contributed by atoms with Crippen molar-refractivity contribution in [2.45, 2.75) is 33.2 Å². The van der Waals surface area contributed by atoms with E-state index in [0.29, 0.717) is 12.5 Å². The number of amides is 1. The standard InChI is InChI=1S/C20H22ClN3OS/c1-13-4-3-9-23(11-13)19(25)18-10-17-14(2)22-24(20(17)26-18)12-15-5-7-16(21)8-6-15/h5-8,10,13H,3-4,9,11-12H2,1-2H3. The summed E-state index contributed by atoms with van der Waals surface area (Å²) in [5.41, 5.74) is 2.11. The number of benzene rings is 1. The lowest BCUT2D eigenvalue weighted by Crippen LogP contribution is -2.38. The van der Waals surface area contributed by atoms with Crippen LogP contribution in [0, 0.1) is 12.8 Å². The van der Waals surface area contributed by atoms with Gasteiger partial charge in [-0.1, -0.05) is 30.7 Å². The second-order valence-corrected chi connectivity index (χ2v) is 8.66. The number of likely N-dealkylation sites (tertiary alicyclic amines) is 1. The van der Waals surface area contributed by atoms with E-state index in [-0.39, 0.29) is 5.91 Å². The zero-order valence-corrected chi connectivity index (χ0v) is 16.6. The van der Waals surface area contributed by atoms with Crippen molar-refractivity contribution in [3.05, 3.63) is 51.5 Å². The topological polar surface area (TPSA) is 38.1 Å². The minimum atomic E-state index is 0.162. The Kier molecular flexibility index (Phi) is 4.76. The lowest BCUT2D eigenvalue weighted by molar-refractivity contribution is 0.0688. The van der Waals surface area contributed by atoms with Gasteiger partial charge in [0.05, 0.1) is 17.1 Å². The van der Waals surface area contributed by atoms with Crippen LogP contribution in [0.15, 0.2) is 30.3 Å². The molecule has 0 spiro atoms. The van der Waals surface area contributed by atoms with Crippen molar-refractivity contribution in [2.75, 3.05) is 13.1 Å². The van der Waals surface area contributed by atoms with Crippen LogP contribution in [0.3, 0.4) is 0 Å². The van der Waals surface area contributed by atoms with Crippen molar-refractivity contribution in [1.29, 1.82) is 0 Å². The van der Waals surface area contributed by atoms with Crippen LogP contribution < -0.4 is 0 Å². The zero-order valence-electron chi connectivity index (χ0n) is 15.0. The molecule has 0 bridgehead atoms. The molecule has 26 heavy (non-hydrogen) atoms. The summed E-state index contributed by atoms with van der Waals surface area (Å²) in [7, 11) is 0. The fraction of sp³-hybridized carbons (Fsp3) is 0.400. The summed E-state index contributed by atoms with van der Waals surface area (Å²) in [4.78, 5) is 16.8. The Bertz CT molecular complexity index is 944. The Morgan fingerprint density at radius 3 is 2.85 bits per heavy atom. The maximum Gasteiger partial charge on any atom is 0.264 e. The van der Waals surface area contributed by atoms with Gasteiger partial charge in [0.25, 0.3) is 5.91 Å². The van der Waals surface area contributed by atoms with E-state index in [4.69, 9.17) is 11.6 Å². The molecule has 1 aliphatic rings. The molecule has 1 saturated heterocycles. The molecular weight excluding hydrogens is 366 g/mol. The molecule has 1 aromatic carbocycles. The van der Waals surface area contributed by atoms with Crippen molar-refractivity contribution in [2.24, 2.45) is 5.92 Å². The van der Waals surface area contributed by atoms with Crippen LogP contribution in [0.25, 0.3) is 10.2 Å². The van der Waals surface area contributed by atoms with Gasteiger partial charge in [0.15, 0.2) is 0 Å². The highest BCUT2D eigenvalue weighted by atomic mass is 35.5. The van der Waals surface area contributed by atoms with Crippen molar-refractivity contribution in [3.8, 4) is 0 Å². The number of thiophene rings is 1. The average molecular weight is 388 g/mol. The van der Waals surface area contributed by atoms with Crippen LogP contribution in [0.2, 0.25) is 5.02 Å². The second kappa shape index (κ2) is 7.05. The van der Waals surface area contributed by atoms with Crippen LogP contribution in [0.4, 0.5) is 0 Å². The number of piperidine rings is 1. The third-order valence-corrected chi connectivity index (χ3v) is 6.40. The molecule has 2 aromatic heterocycles. The largest absolute Gasteiger partial charge is 0.338 e. The number of hydrogen-bond acceptors (Lipinski definition) is 3. The third-order valence-electron chi connectivity index (χ3n) is 5.01. The number of halogens is 1. The number of aromatic nitrogens is 2. The quantitative estimate of drug-likeness (QED) is 0.635. The Labute approximate surface area is 162 Å². The van der Waals surface area contributed by atoms with Crippen LogP contribution in [0.1, 0.15) is 40.7 Å². The number of rotatable bonds is 3. The fourth-order valence-corrected chi connectivity index (χ4v) is 4.87. The molecule has 0 N–H and O–H groups in total. The molecule has 0 aliphatic carbocycles. The third kappa shape index (κ3) is 3.38. The lowest BCUT2D eigenvalue weighted by Gasteiger charge is -2.30. The summed E-state index contributed by atoms with van der Waals surface area (Å²) >= 11 is 7.53. The first-order valence-corrected chi connectivity index (χ1v) is 10.2. The highest BCUT2D eigenvalue weighted by molar-refractivity contribution is 7.20. The maximum absolute atomic E-state index is 12.9. The molecule has 1 atom stereocenters. The number of aryl methyl sites for hydroxylation is 1.